The first-order valence-electron chi connectivity index (χ1n) is 5.60. The standard InChI is InChI=1S/C11H17N5O3/c1-19-5-4-14-9(17)6-15-11-7(12)2-3-8(16-11)10(13)18/h2-3H,4-6,12H2,1H3,(H2,13,18)(H,14,17)(H,15,16). The highest BCUT2D eigenvalue weighted by atomic mass is 16.5. The molecule has 1 aromatic heterocycles. The van der Waals surface area contributed by atoms with Crippen LogP contribution in [0.1, 0.15) is 10.5 Å². The van der Waals surface area contributed by atoms with Crippen molar-refractivity contribution in [1.82, 2.24) is 10.3 Å². The van der Waals surface area contributed by atoms with Crippen molar-refractivity contribution in [3.05, 3.63) is 17.8 Å². The van der Waals surface area contributed by atoms with Crippen LogP contribution in [0.2, 0.25) is 0 Å². The SMILES string of the molecule is COCCNC(=O)CNc1nc(C(N)=O)ccc1N. The van der Waals surface area contributed by atoms with Crippen molar-refractivity contribution in [2.45, 2.75) is 0 Å². The predicted molar refractivity (Wildman–Crippen MR) is 70.5 cm³/mol. The van der Waals surface area contributed by atoms with Gasteiger partial charge in [-0.2, -0.15) is 0 Å². The van der Waals surface area contributed by atoms with Gasteiger partial charge in [0.2, 0.25) is 5.91 Å². The third-order valence-electron chi connectivity index (χ3n) is 2.22. The summed E-state index contributed by atoms with van der Waals surface area (Å²) in [6.07, 6.45) is 0. The molecule has 1 heterocycles. The van der Waals surface area contributed by atoms with Gasteiger partial charge in [-0.3, -0.25) is 9.59 Å². The molecule has 0 aliphatic rings. The topological polar surface area (TPSA) is 132 Å². The number of pyridine rings is 1. The lowest BCUT2D eigenvalue weighted by molar-refractivity contribution is -0.119. The summed E-state index contributed by atoms with van der Waals surface area (Å²) in [5.41, 5.74) is 11.2. The normalized spacial score (nSPS) is 9.95. The predicted octanol–water partition coefficient (Wildman–Crippen LogP) is -1.06. The minimum Gasteiger partial charge on any atom is -0.396 e. The number of carbonyl (C=O) groups excluding carboxylic acids is 2. The number of carbonyl (C=O) groups is 2. The molecule has 0 bridgehead atoms. The second-order valence-electron chi connectivity index (χ2n) is 3.69. The number of nitrogens with zero attached hydrogens (tertiary/aromatic N) is 1. The number of hydrogen-bond donors (Lipinski definition) is 4. The van der Waals surface area contributed by atoms with E-state index in [4.69, 9.17) is 16.2 Å². The number of aromatic nitrogens is 1. The van der Waals surface area contributed by atoms with Crippen LogP contribution in [-0.4, -0.2) is 43.6 Å². The molecule has 104 valence electrons. The maximum absolute atomic E-state index is 11.4. The molecule has 0 spiro atoms. The van der Waals surface area contributed by atoms with Gasteiger partial charge in [0.1, 0.15) is 5.69 Å². The highest BCUT2D eigenvalue weighted by Gasteiger charge is 2.08. The molecule has 0 aliphatic carbocycles. The molecular formula is C11H17N5O3. The van der Waals surface area contributed by atoms with Crippen LogP contribution in [0.4, 0.5) is 11.5 Å². The second kappa shape index (κ2) is 7.17. The van der Waals surface area contributed by atoms with Gasteiger partial charge in [-0.15, -0.1) is 0 Å². The molecule has 0 fully saturated rings. The van der Waals surface area contributed by atoms with Crippen LogP contribution >= 0.6 is 0 Å². The maximum Gasteiger partial charge on any atom is 0.267 e. The molecular weight excluding hydrogens is 250 g/mol. The van der Waals surface area contributed by atoms with E-state index in [1.165, 1.54) is 12.1 Å². The Kier molecular flexibility index (Phi) is 5.55. The van der Waals surface area contributed by atoms with Crippen LogP contribution in [0.3, 0.4) is 0 Å². The Balaban J connectivity index is 2.54. The Hall–Kier alpha value is -2.35. The minimum absolute atomic E-state index is 0.0108. The third kappa shape index (κ3) is 4.80. The summed E-state index contributed by atoms with van der Waals surface area (Å²) in [5, 5.41) is 5.36. The molecule has 8 heteroatoms. The third-order valence-corrected chi connectivity index (χ3v) is 2.22. The zero-order chi connectivity index (χ0) is 14.3. The van der Waals surface area contributed by atoms with Crippen LogP contribution in [0.25, 0.3) is 0 Å². The van der Waals surface area contributed by atoms with Crippen molar-refractivity contribution in [2.75, 3.05) is 37.9 Å². The lowest BCUT2D eigenvalue weighted by atomic mass is 10.3. The van der Waals surface area contributed by atoms with E-state index >= 15 is 0 Å². The summed E-state index contributed by atoms with van der Waals surface area (Å²) in [6.45, 7) is 0.841. The van der Waals surface area contributed by atoms with Gasteiger partial charge in [0, 0.05) is 13.7 Å². The fourth-order valence-electron chi connectivity index (χ4n) is 1.27. The van der Waals surface area contributed by atoms with Crippen molar-refractivity contribution in [1.29, 1.82) is 0 Å². The van der Waals surface area contributed by atoms with E-state index in [-0.39, 0.29) is 24.0 Å². The molecule has 0 radical (unpaired) electrons. The molecule has 0 aromatic carbocycles. The zero-order valence-corrected chi connectivity index (χ0v) is 10.6. The van der Waals surface area contributed by atoms with Crippen molar-refractivity contribution in [2.24, 2.45) is 5.73 Å². The molecule has 6 N–H and O–H groups in total. The van der Waals surface area contributed by atoms with Crippen LogP contribution in [0, 0.1) is 0 Å². The molecule has 0 aliphatic heterocycles. The molecule has 19 heavy (non-hydrogen) atoms. The number of nitrogen functional groups attached to an aromatic ring is 1. The zero-order valence-electron chi connectivity index (χ0n) is 10.6. The number of methoxy groups -OCH3 is 1. The van der Waals surface area contributed by atoms with E-state index in [2.05, 4.69) is 15.6 Å². The van der Waals surface area contributed by atoms with Gasteiger partial charge < -0.3 is 26.8 Å². The Morgan fingerprint density at radius 3 is 2.79 bits per heavy atom. The van der Waals surface area contributed by atoms with Gasteiger partial charge in [0.25, 0.3) is 5.91 Å². The van der Waals surface area contributed by atoms with Gasteiger partial charge in [0.15, 0.2) is 5.82 Å². The second-order valence-corrected chi connectivity index (χ2v) is 3.69. The van der Waals surface area contributed by atoms with Crippen molar-refractivity contribution < 1.29 is 14.3 Å². The summed E-state index contributed by atoms with van der Waals surface area (Å²) in [5.74, 6) is -0.645. The fraction of sp³-hybridized carbons (Fsp3) is 0.364. The fourth-order valence-corrected chi connectivity index (χ4v) is 1.27. The summed E-state index contributed by atoms with van der Waals surface area (Å²) in [6, 6.07) is 2.92. The Bertz CT molecular complexity index is 464. The van der Waals surface area contributed by atoms with Crippen LogP contribution in [0.15, 0.2) is 12.1 Å². The lowest BCUT2D eigenvalue weighted by Crippen LogP contribution is -2.32. The largest absolute Gasteiger partial charge is 0.396 e. The highest BCUT2D eigenvalue weighted by molar-refractivity contribution is 5.92. The van der Waals surface area contributed by atoms with E-state index in [1.807, 2.05) is 0 Å². The van der Waals surface area contributed by atoms with Gasteiger partial charge >= 0.3 is 0 Å². The Morgan fingerprint density at radius 2 is 2.16 bits per heavy atom. The number of primary amides is 1. The van der Waals surface area contributed by atoms with Gasteiger partial charge in [-0.05, 0) is 12.1 Å². The monoisotopic (exact) mass is 267 g/mol. The van der Waals surface area contributed by atoms with E-state index in [9.17, 15) is 9.59 Å². The van der Waals surface area contributed by atoms with E-state index in [0.29, 0.717) is 18.8 Å². The summed E-state index contributed by atoms with van der Waals surface area (Å²) < 4.78 is 4.80. The number of nitrogens with two attached hydrogens (primary N) is 2. The van der Waals surface area contributed by atoms with E-state index in [0.717, 1.165) is 0 Å². The molecule has 0 unspecified atom stereocenters. The Labute approximate surface area is 110 Å². The van der Waals surface area contributed by atoms with Crippen LogP contribution in [0.5, 0.6) is 0 Å². The molecule has 1 rings (SSSR count). The molecule has 2 amide bonds. The summed E-state index contributed by atoms with van der Waals surface area (Å²) >= 11 is 0. The lowest BCUT2D eigenvalue weighted by Gasteiger charge is -2.09. The quantitative estimate of drug-likeness (QED) is 0.465. The number of rotatable bonds is 7. The highest BCUT2D eigenvalue weighted by Crippen LogP contribution is 2.14. The molecule has 0 atom stereocenters. The molecule has 1 aromatic rings. The van der Waals surface area contributed by atoms with Gasteiger partial charge in [-0.1, -0.05) is 0 Å². The smallest absolute Gasteiger partial charge is 0.267 e. The van der Waals surface area contributed by atoms with E-state index < -0.39 is 5.91 Å². The van der Waals surface area contributed by atoms with Crippen molar-refractivity contribution in [3.8, 4) is 0 Å². The van der Waals surface area contributed by atoms with Crippen molar-refractivity contribution >= 4 is 23.3 Å². The molecule has 0 saturated carbocycles. The number of hydrogen-bond acceptors (Lipinski definition) is 6. The van der Waals surface area contributed by atoms with E-state index in [1.54, 1.807) is 7.11 Å². The van der Waals surface area contributed by atoms with Crippen LogP contribution < -0.4 is 22.1 Å². The number of ether oxygens (including phenoxy) is 1. The first-order chi connectivity index (χ1) is 9.04. The number of amides is 2. The summed E-state index contributed by atoms with van der Waals surface area (Å²) in [7, 11) is 1.55. The molecule has 8 nitrogen and oxygen atoms in total. The average molecular weight is 267 g/mol. The number of nitrogens with one attached hydrogen (secondary N) is 2. The number of anilines is 2. The van der Waals surface area contributed by atoms with Gasteiger partial charge in [0.05, 0.1) is 18.8 Å². The average Bonchev–Trinajstić information content (AvgIpc) is 2.37. The first kappa shape index (κ1) is 14.7. The van der Waals surface area contributed by atoms with Crippen LogP contribution in [-0.2, 0) is 9.53 Å². The maximum atomic E-state index is 11.4. The Morgan fingerprint density at radius 1 is 1.42 bits per heavy atom. The summed E-state index contributed by atoms with van der Waals surface area (Å²) in [4.78, 5) is 26.3. The molecule has 0 saturated heterocycles. The van der Waals surface area contributed by atoms with Crippen molar-refractivity contribution in [3.63, 3.8) is 0 Å². The van der Waals surface area contributed by atoms with Gasteiger partial charge in [-0.25, -0.2) is 4.98 Å². The minimum atomic E-state index is -0.660. The first-order valence-corrected chi connectivity index (χ1v) is 5.60.